The number of carbonyl (C=O) groups excluding carboxylic acids is 1. The van der Waals surface area contributed by atoms with Crippen LogP contribution in [-0.4, -0.2) is 26.0 Å². The Labute approximate surface area is 172 Å². The van der Waals surface area contributed by atoms with E-state index in [9.17, 15) is 14.3 Å². The highest BCUT2D eigenvalue weighted by Gasteiger charge is 2.16. The van der Waals surface area contributed by atoms with Gasteiger partial charge in [0.05, 0.1) is 30.0 Å². The standard InChI is InChI=1S/C23H19FN4O2/c24-17-5-3-4-16(13-17)22-23(19-6-1-2-11-25-19)28-20(27-22)14-26-21(30)12-15-7-9-18(29)10-8-15/h1-11,13,29H,12,14H2,(H,26,30)(H,27,28). The molecule has 0 bridgehead atoms. The van der Waals surface area contributed by atoms with Crippen LogP contribution < -0.4 is 5.32 Å². The summed E-state index contributed by atoms with van der Waals surface area (Å²) < 4.78 is 13.8. The minimum Gasteiger partial charge on any atom is -0.508 e. The zero-order chi connectivity index (χ0) is 20.9. The second-order valence-electron chi connectivity index (χ2n) is 6.75. The summed E-state index contributed by atoms with van der Waals surface area (Å²) in [5.41, 5.74) is 3.30. The van der Waals surface area contributed by atoms with Crippen LogP contribution in [0.3, 0.4) is 0 Å². The van der Waals surface area contributed by atoms with Gasteiger partial charge in [-0.3, -0.25) is 9.78 Å². The molecule has 0 spiro atoms. The van der Waals surface area contributed by atoms with Gasteiger partial charge in [-0.1, -0.05) is 30.3 Å². The molecule has 6 nitrogen and oxygen atoms in total. The van der Waals surface area contributed by atoms with E-state index in [1.54, 1.807) is 42.6 Å². The molecule has 2 aromatic carbocycles. The number of halogens is 1. The lowest BCUT2D eigenvalue weighted by Gasteiger charge is -2.04. The van der Waals surface area contributed by atoms with Crippen molar-refractivity contribution in [1.82, 2.24) is 20.3 Å². The number of benzene rings is 2. The third-order valence-corrected chi connectivity index (χ3v) is 4.53. The smallest absolute Gasteiger partial charge is 0.224 e. The van der Waals surface area contributed by atoms with Gasteiger partial charge >= 0.3 is 0 Å². The lowest BCUT2D eigenvalue weighted by Crippen LogP contribution is -2.25. The van der Waals surface area contributed by atoms with Gasteiger partial charge in [0.1, 0.15) is 17.4 Å². The van der Waals surface area contributed by atoms with E-state index >= 15 is 0 Å². The number of aromatic hydroxyl groups is 1. The van der Waals surface area contributed by atoms with Crippen molar-refractivity contribution in [2.75, 3.05) is 0 Å². The highest BCUT2D eigenvalue weighted by Crippen LogP contribution is 2.29. The number of imidazole rings is 1. The maximum Gasteiger partial charge on any atom is 0.224 e. The van der Waals surface area contributed by atoms with Crippen LogP contribution in [0.25, 0.3) is 22.6 Å². The number of phenols is 1. The van der Waals surface area contributed by atoms with Gasteiger partial charge in [-0.05, 0) is 42.0 Å². The highest BCUT2D eigenvalue weighted by atomic mass is 19.1. The van der Waals surface area contributed by atoms with E-state index in [1.165, 1.54) is 12.1 Å². The molecule has 150 valence electrons. The topological polar surface area (TPSA) is 90.9 Å². The summed E-state index contributed by atoms with van der Waals surface area (Å²) in [6.45, 7) is 0.187. The maximum absolute atomic E-state index is 13.8. The van der Waals surface area contributed by atoms with Crippen molar-refractivity contribution in [2.45, 2.75) is 13.0 Å². The van der Waals surface area contributed by atoms with Gasteiger partial charge < -0.3 is 15.4 Å². The molecular weight excluding hydrogens is 383 g/mol. The Morgan fingerprint density at radius 1 is 1.07 bits per heavy atom. The fourth-order valence-corrected chi connectivity index (χ4v) is 3.09. The molecule has 1 amide bonds. The van der Waals surface area contributed by atoms with Gasteiger partial charge in [0.2, 0.25) is 5.91 Å². The SMILES string of the molecule is O=C(Cc1ccc(O)cc1)NCc1nc(-c2cccc(F)c2)c(-c2ccccn2)[nH]1. The van der Waals surface area contributed by atoms with Crippen molar-refractivity contribution in [3.05, 3.63) is 90.1 Å². The fourth-order valence-electron chi connectivity index (χ4n) is 3.09. The molecule has 4 rings (SSSR count). The summed E-state index contributed by atoms with van der Waals surface area (Å²) in [4.78, 5) is 24.4. The third-order valence-electron chi connectivity index (χ3n) is 4.53. The minimum atomic E-state index is -0.355. The van der Waals surface area contributed by atoms with E-state index in [-0.39, 0.29) is 30.4 Å². The number of pyridine rings is 1. The van der Waals surface area contributed by atoms with Crippen LogP contribution in [0, 0.1) is 5.82 Å². The number of hydrogen-bond acceptors (Lipinski definition) is 4. The number of hydrogen-bond donors (Lipinski definition) is 3. The van der Waals surface area contributed by atoms with Crippen LogP contribution in [0.1, 0.15) is 11.4 Å². The zero-order valence-corrected chi connectivity index (χ0v) is 16.0. The number of aromatic nitrogens is 3. The van der Waals surface area contributed by atoms with Gasteiger partial charge in [0.25, 0.3) is 0 Å². The fraction of sp³-hybridized carbons (Fsp3) is 0.0870. The molecule has 0 aliphatic rings. The molecule has 0 aliphatic heterocycles. The van der Waals surface area contributed by atoms with Gasteiger partial charge in [0, 0.05) is 11.8 Å². The molecule has 0 aliphatic carbocycles. The highest BCUT2D eigenvalue weighted by molar-refractivity contribution is 5.79. The van der Waals surface area contributed by atoms with Crippen LogP contribution in [0.15, 0.2) is 72.9 Å². The molecule has 30 heavy (non-hydrogen) atoms. The van der Waals surface area contributed by atoms with Crippen LogP contribution in [0.5, 0.6) is 5.75 Å². The summed E-state index contributed by atoms with van der Waals surface area (Å²) in [5.74, 6) is 0.158. The summed E-state index contributed by atoms with van der Waals surface area (Å²) in [6.07, 6.45) is 1.86. The summed E-state index contributed by atoms with van der Waals surface area (Å²) in [5, 5.41) is 12.2. The number of nitrogens with zero attached hydrogens (tertiary/aromatic N) is 2. The van der Waals surface area contributed by atoms with E-state index < -0.39 is 0 Å². The van der Waals surface area contributed by atoms with E-state index in [1.807, 2.05) is 18.2 Å². The first-order valence-corrected chi connectivity index (χ1v) is 9.39. The average molecular weight is 402 g/mol. The number of phenolic OH excluding ortho intramolecular Hbond substituents is 1. The van der Waals surface area contributed by atoms with E-state index in [0.717, 1.165) is 5.56 Å². The van der Waals surface area contributed by atoms with E-state index in [2.05, 4.69) is 20.3 Å². The minimum absolute atomic E-state index is 0.154. The Hall–Kier alpha value is -4.00. The largest absolute Gasteiger partial charge is 0.508 e. The van der Waals surface area contributed by atoms with Crippen molar-refractivity contribution in [3.63, 3.8) is 0 Å². The monoisotopic (exact) mass is 402 g/mol. The average Bonchev–Trinajstić information content (AvgIpc) is 3.19. The normalized spacial score (nSPS) is 10.7. The lowest BCUT2D eigenvalue weighted by molar-refractivity contribution is -0.120. The Morgan fingerprint density at radius 3 is 2.63 bits per heavy atom. The van der Waals surface area contributed by atoms with E-state index in [0.29, 0.717) is 28.5 Å². The molecule has 2 heterocycles. The third kappa shape index (κ3) is 4.52. The Morgan fingerprint density at radius 2 is 1.90 bits per heavy atom. The van der Waals surface area contributed by atoms with Crippen LogP contribution in [0.2, 0.25) is 0 Å². The number of H-pyrrole nitrogens is 1. The Kier molecular flexibility index (Phi) is 5.52. The van der Waals surface area contributed by atoms with Gasteiger partial charge in [0.15, 0.2) is 0 Å². The quantitative estimate of drug-likeness (QED) is 0.457. The molecule has 0 saturated heterocycles. The molecule has 0 saturated carbocycles. The second-order valence-corrected chi connectivity index (χ2v) is 6.75. The second kappa shape index (κ2) is 8.57. The van der Waals surface area contributed by atoms with Crippen molar-refractivity contribution in [1.29, 1.82) is 0 Å². The molecule has 2 aromatic heterocycles. The number of aromatic amines is 1. The predicted octanol–water partition coefficient (Wildman–Crippen LogP) is 3.84. The van der Waals surface area contributed by atoms with Gasteiger partial charge in [-0.15, -0.1) is 0 Å². The Bertz CT molecular complexity index is 1160. The molecule has 7 heteroatoms. The first kappa shape index (κ1) is 19.3. The molecular formula is C23H19FN4O2. The van der Waals surface area contributed by atoms with Crippen molar-refractivity contribution in [3.8, 4) is 28.4 Å². The summed E-state index contributed by atoms with van der Waals surface area (Å²) >= 11 is 0. The van der Waals surface area contributed by atoms with Crippen LogP contribution >= 0.6 is 0 Å². The molecule has 0 fully saturated rings. The maximum atomic E-state index is 13.8. The molecule has 0 atom stereocenters. The number of amides is 1. The summed E-state index contributed by atoms with van der Waals surface area (Å²) in [6, 6.07) is 18.2. The van der Waals surface area contributed by atoms with Crippen LogP contribution in [0.4, 0.5) is 4.39 Å². The van der Waals surface area contributed by atoms with Gasteiger partial charge in [-0.2, -0.15) is 0 Å². The molecule has 3 N–H and O–H groups in total. The first-order valence-electron chi connectivity index (χ1n) is 9.39. The molecule has 0 unspecified atom stereocenters. The Balaban J connectivity index is 1.55. The molecule has 4 aromatic rings. The van der Waals surface area contributed by atoms with Crippen molar-refractivity contribution in [2.24, 2.45) is 0 Å². The van der Waals surface area contributed by atoms with Crippen molar-refractivity contribution >= 4 is 5.91 Å². The summed E-state index contributed by atoms with van der Waals surface area (Å²) in [7, 11) is 0. The van der Waals surface area contributed by atoms with E-state index in [4.69, 9.17) is 0 Å². The molecule has 0 radical (unpaired) electrons. The van der Waals surface area contributed by atoms with Crippen LogP contribution in [-0.2, 0) is 17.8 Å². The lowest BCUT2D eigenvalue weighted by atomic mass is 10.1. The van der Waals surface area contributed by atoms with Gasteiger partial charge in [-0.25, -0.2) is 9.37 Å². The zero-order valence-electron chi connectivity index (χ0n) is 16.0. The van der Waals surface area contributed by atoms with Crippen molar-refractivity contribution < 1.29 is 14.3 Å². The number of rotatable bonds is 6. The first-order chi connectivity index (χ1) is 14.6. The predicted molar refractivity (Wildman–Crippen MR) is 111 cm³/mol. The number of carbonyl (C=O) groups is 1. The number of nitrogens with one attached hydrogen (secondary N) is 2.